The first-order valence-electron chi connectivity index (χ1n) is 13.4. The maximum atomic E-state index is 14.3. The fourth-order valence-corrected chi connectivity index (χ4v) is 6.23. The summed E-state index contributed by atoms with van der Waals surface area (Å²) >= 11 is 0. The van der Waals surface area contributed by atoms with Crippen molar-refractivity contribution in [3.8, 4) is 0 Å². The third kappa shape index (κ3) is 7.02. The van der Waals surface area contributed by atoms with E-state index < -0.39 is 28.5 Å². The van der Waals surface area contributed by atoms with Gasteiger partial charge in [0.25, 0.3) is 10.0 Å². The Labute approximate surface area is 242 Å². The van der Waals surface area contributed by atoms with Crippen LogP contribution in [0.15, 0.2) is 114 Å². The molecule has 0 saturated carbocycles. The highest BCUT2D eigenvalue weighted by atomic mass is 32.2. The molecule has 0 aromatic heterocycles. The number of hydrogen-bond acceptors (Lipinski definition) is 4. The van der Waals surface area contributed by atoms with E-state index in [9.17, 15) is 18.0 Å². The fraction of sp³-hybridized carbons (Fsp3) is 0.212. The number of nitrogens with one attached hydrogen (secondary N) is 1. The maximum Gasteiger partial charge on any atom is 0.264 e. The van der Waals surface area contributed by atoms with Gasteiger partial charge in [0, 0.05) is 20.0 Å². The number of carbonyl (C=O) groups is 2. The lowest BCUT2D eigenvalue weighted by molar-refractivity contribution is -0.139. The summed E-state index contributed by atoms with van der Waals surface area (Å²) < 4.78 is 29.2. The zero-order valence-corrected chi connectivity index (χ0v) is 24.3. The molecule has 212 valence electrons. The van der Waals surface area contributed by atoms with Crippen molar-refractivity contribution in [2.45, 2.75) is 37.8 Å². The normalized spacial score (nSPS) is 11.9. The second kappa shape index (κ2) is 13.3. The van der Waals surface area contributed by atoms with E-state index in [4.69, 9.17) is 0 Å². The predicted molar refractivity (Wildman–Crippen MR) is 162 cm³/mol. The summed E-state index contributed by atoms with van der Waals surface area (Å²) in [5.74, 6) is -0.818. The Morgan fingerprint density at radius 1 is 0.756 bits per heavy atom. The van der Waals surface area contributed by atoms with E-state index in [1.807, 2.05) is 80.6 Å². The van der Waals surface area contributed by atoms with Crippen molar-refractivity contribution in [1.29, 1.82) is 0 Å². The molecule has 0 aliphatic carbocycles. The van der Waals surface area contributed by atoms with Crippen LogP contribution in [0.4, 0.5) is 5.69 Å². The van der Waals surface area contributed by atoms with Crippen LogP contribution in [0.1, 0.15) is 22.3 Å². The summed E-state index contributed by atoms with van der Waals surface area (Å²) in [6.45, 7) is 3.40. The van der Waals surface area contributed by atoms with E-state index in [-0.39, 0.29) is 23.8 Å². The largest absolute Gasteiger partial charge is 0.357 e. The Kier molecular flexibility index (Phi) is 9.57. The number of rotatable bonds is 11. The molecule has 4 rings (SSSR count). The fourth-order valence-electron chi connectivity index (χ4n) is 4.74. The van der Waals surface area contributed by atoms with Crippen LogP contribution in [0.3, 0.4) is 0 Å². The van der Waals surface area contributed by atoms with Crippen LogP contribution in [0.2, 0.25) is 0 Å². The van der Waals surface area contributed by atoms with E-state index in [1.54, 1.807) is 30.3 Å². The summed E-state index contributed by atoms with van der Waals surface area (Å²) in [6.07, 6.45) is 0.272. The van der Waals surface area contributed by atoms with Crippen LogP contribution in [0.25, 0.3) is 0 Å². The molecule has 0 aliphatic heterocycles. The SMILES string of the molecule is CNC(=O)[C@H](Cc1ccccc1)N(Cc1ccccc1)C(=O)CN(c1cccc(C)c1C)S(=O)(=O)c1ccccc1. The summed E-state index contributed by atoms with van der Waals surface area (Å²) in [5, 5.41) is 2.70. The van der Waals surface area contributed by atoms with Crippen molar-refractivity contribution in [3.63, 3.8) is 0 Å². The van der Waals surface area contributed by atoms with E-state index in [1.165, 1.54) is 24.1 Å². The molecule has 0 spiro atoms. The molecule has 7 nitrogen and oxygen atoms in total. The molecule has 4 aromatic carbocycles. The molecule has 1 N–H and O–H groups in total. The monoisotopic (exact) mass is 569 g/mol. The third-order valence-electron chi connectivity index (χ3n) is 7.17. The summed E-state index contributed by atoms with van der Waals surface area (Å²) in [5.41, 5.74) is 3.78. The first kappa shape index (κ1) is 29.6. The highest BCUT2D eigenvalue weighted by Gasteiger charge is 2.34. The lowest BCUT2D eigenvalue weighted by Crippen LogP contribution is -2.53. The molecule has 0 aliphatic rings. The lowest BCUT2D eigenvalue weighted by atomic mass is 10.0. The molecule has 4 aromatic rings. The Balaban J connectivity index is 1.80. The van der Waals surface area contributed by atoms with Crippen LogP contribution < -0.4 is 9.62 Å². The average Bonchev–Trinajstić information content (AvgIpc) is 3.00. The zero-order valence-electron chi connectivity index (χ0n) is 23.5. The minimum atomic E-state index is -4.12. The van der Waals surface area contributed by atoms with Crippen molar-refractivity contribution in [2.75, 3.05) is 17.9 Å². The molecule has 0 heterocycles. The molecule has 0 saturated heterocycles. The Hall–Kier alpha value is -4.43. The number of sulfonamides is 1. The Morgan fingerprint density at radius 3 is 1.90 bits per heavy atom. The summed E-state index contributed by atoms with van der Waals surface area (Å²) in [6, 6.07) is 31.4. The summed E-state index contributed by atoms with van der Waals surface area (Å²) in [7, 11) is -2.58. The van der Waals surface area contributed by atoms with Gasteiger partial charge in [-0.1, -0.05) is 91.0 Å². The minimum absolute atomic E-state index is 0.0791. The number of carbonyl (C=O) groups excluding carboxylic acids is 2. The van der Waals surface area contributed by atoms with Crippen molar-refractivity contribution >= 4 is 27.5 Å². The number of amides is 2. The van der Waals surface area contributed by atoms with Gasteiger partial charge >= 0.3 is 0 Å². The molecule has 0 fully saturated rings. The van der Waals surface area contributed by atoms with Gasteiger partial charge in [-0.2, -0.15) is 0 Å². The molecule has 41 heavy (non-hydrogen) atoms. The second-order valence-corrected chi connectivity index (χ2v) is 11.7. The van der Waals surface area contributed by atoms with E-state index in [2.05, 4.69) is 5.32 Å². The van der Waals surface area contributed by atoms with Crippen molar-refractivity contribution in [1.82, 2.24) is 10.2 Å². The van der Waals surface area contributed by atoms with Crippen LogP contribution in [-0.4, -0.2) is 44.8 Å². The maximum absolute atomic E-state index is 14.3. The number of nitrogens with zero attached hydrogens (tertiary/aromatic N) is 2. The minimum Gasteiger partial charge on any atom is -0.357 e. The molecule has 0 unspecified atom stereocenters. The van der Waals surface area contributed by atoms with Crippen molar-refractivity contribution < 1.29 is 18.0 Å². The summed E-state index contributed by atoms with van der Waals surface area (Å²) in [4.78, 5) is 29.2. The number of aryl methyl sites for hydroxylation is 1. The second-order valence-electron chi connectivity index (χ2n) is 9.87. The molecule has 0 radical (unpaired) electrons. The van der Waals surface area contributed by atoms with Crippen LogP contribution in [0, 0.1) is 13.8 Å². The van der Waals surface area contributed by atoms with Crippen LogP contribution in [0.5, 0.6) is 0 Å². The van der Waals surface area contributed by atoms with Gasteiger partial charge in [-0.15, -0.1) is 0 Å². The number of hydrogen-bond donors (Lipinski definition) is 1. The zero-order chi connectivity index (χ0) is 29.4. The highest BCUT2D eigenvalue weighted by molar-refractivity contribution is 7.92. The highest BCUT2D eigenvalue weighted by Crippen LogP contribution is 2.29. The lowest BCUT2D eigenvalue weighted by Gasteiger charge is -2.34. The first-order valence-corrected chi connectivity index (χ1v) is 14.9. The van der Waals surface area contributed by atoms with Gasteiger partial charge in [0.1, 0.15) is 12.6 Å². The topological polar surface area (TPSA) is 86.8 Å². The molecule has 8 heteroatoms. The Bertz CT molecular complexity index is 1580. The van der Waals surface area contributed by atoms with Gasteiger partial charge in [0.05, 0.1) is 10.6 Å². The standard InChI is InChI=1S/C33H35N3O4S/c1-25-14-13-21-30(26(25)2)36(41(39,40)29-19-11-6-12-20-29)24-32(37)35(23-28-17-9-5-10-18-28)31(33(38)34-3)22-27-15-7-4-8-16-27/h4-21,31H,22-24H2,1-3H3,(H,34,38)/t31-/m0/s1. The van der Waals surface area contributed by atoms with Crippen LogP contribution in [-0.2, 0) is 32.6 Å². The van der Waals surface area contributed by atoms with E-state index >= 15 is 0 Å². The van der Waals surface area contributed by atoms with E-state index in [0.717, 1.165) is 26.6 Å². The van der Waals surface area contributed by atoms with Crippen molar-refractivity contribution in [3.05, 3.63) is 131 Å². The quantitative estimate of drug-likeness (QED) is 0.279. The predicted octanol–water partition coefficient (Wildman–Crippen LogP) is 4.88. The number of anilines is 1. The van der Waals surface area contributed by atoms with Crippen molar-refractivity contribution in [2.24, 2.45) is 0 Å². The first-order chi connectivity index (χ1) is 19.7. The molecule has 0 bridgehead atoms. The van der Waals surface area contributed by atoms with Gasteiger partial charge in [-0.25, -0.2) is 8.42 Å². The van der Waals surface area contributed by atoms with Gasteiger partial charge in [-0.3, -0.25) is 13.9 Å². The Morgan fingerprint density at radius 2 is 1.32 bits per heavy atom. The number of benzene rings is 4. The molecule has 1 atom stereocenters. The smallest absolute Gasteiger partial charge is 0.264 e. The van der Waals surface area contributed by atoms with Crippen LogP contribution >= 0.6 is 0 Å². The molecular formula is C33H35N3O4S. The van der Waals surface area contributed by atoms with E-state index in [0.29, 0.717) is 5.69 Å². The van der Waals surface area contributed by atoms with Gasteiger partial charge in [0.2, 0.25) is 11.8 Å². The number of likely N-dealkylation sites (N-methyl/N-ethyl adjacent to an activating group) is 1. The third-order valence-corrected chi connectivity index (χ3v) is 8.94. The average molecular weight is 570 g/mol. The van der Waals surface area contributed by atoms with Gasteiger partial charge in [-0.05, 0) is 54.3 Å². The molecular weight excluding hydrogens is 534 g/mol. The molecule has 2 amide bonds. The van der Waals surface area contributed by atoms with Gasteiger partial charge in [0.15, 0.2) is 0 Å². The van der Waals surface area contributed by atoms with Gasteiger partial charge < -0.3 is 10.2 Å².